The van der Waals surface area contributed by atoms with Crippen LogP contribution in [0.3, 0.4) is 0 Å². The molecule has 116 valence electrons. The highest BCUT2D eigenvalue weighted by atomic mass is 16.5. The molecule has 1 aliphatic rings. The predicted molar refractivity (Wildman–Crippen MR) is 87.7 cm³/mol. The van der Waals surface area contributed by atoms with Crippen LogP contribution in [0.1, 0.15) is 24.8 Å². The average molecular weight is 298 g/mol. The van der Waals surface area contributed by atoms with Gasteiger partial charge in [0.15, 0.2) is 0 Å². The SMILES string of the molecule is COC(=O)C1=CCC(NCCc2c[nH]c3ccccc23)CC1. The van der Waals surface area contributed by atoms with Gasteiger partial charge in [-0.2, -0.15) is 0 Å². The summed E-state index contributed by atoms with van der Waals surface area (Å²) in [4.78, 5) is 14.8. The van der Waals surface area contributed by atoms with Gasteiger partial charge in [-0.05, 0) is 43.9 Å². The summed E-state index contributed by atoms with van der Waals surface area (Å²) in [7, 11) is 1.44. The molecule has 0 saturated heterocycles. The van der Waals surface area contributed by atoms with Crippen molar-refractivity contribution >= 4 is 16.9 Å². The standard InChI is InChI=1S/C18H22N2O2/c1-22-18(21)13-6-8-15(9-7-13)19-11-10-14-12-20-17-5-3-2-4-16(14)17/h2-6,12,15,19-20H,7-11H2,1H3. The first-order valence-electron chi connectivity index (χ1n) is 7.83. The minimum atomic E-state index is -0.183. The van der Waals surface area contributed by atoms with E-state index in [0.29, 0.717) is 6.04 Å². The third-order valence-corrected chi connectivity index (χ3v) is 4.36. The zero-order chi connectivity index (χ0) is 15.4. The molecule has 0 spiro atoms. The van der Waals surface area contributed by atoms with Crippen LogP contribution < -0.4 is 5.32 Å². The van der Waals surface area contributed by atoms with Crippen molar-refractivity contribution in [3.05, 3.63) is 47.7 Å². The van der Waals surface area contributed by atoms with E-state index in [1.165, 1.54) is 23.6 Å². The highest BCUT2D eigenvalue weighted by Crippen LogP contribution is 2.20. The van der Waals surface area contributed by atoms with Gasteiger partial charge in [-0.25, -0.2) is 4.79 Å². The Bertz CT molecular complexity index is 687. The first-order valence-corrected chi connectivity index (χ1v) is 7.83. The first-order chi connectivity index (χ1) is 10.8. The number of para-hydroxylation sites is 1. The summed E-state index contributed by atoms with van der Waals surface area (Å²) in [5.41, 5.74) is 3.36. The lowest BCUT2D eigenvalue weighted by atomic mass is 9.95. The van der Waals surface area contributed by atoms with Crippen LogP contribution in [0.2, 0.25) is 0 Å². The Labute approximate surface area is 130 Å². The number of esters is 1. The van der Waals surface area contributed by atoms with Crippen molar-refractivity contribution in [1.82, 2.24) is 10.3 Å². The molecule has 2 aromatic rings. The third-order valence-electron chi connectivity index (χ3n) is 4.36. The second kappa shape index (κ2) is 6.79. The van der Waals surface area contributed by atoms with E-state index in [1.807, 2.05) is 12.1 Å². The molecule has 0 bridgehead atoms. The van der Waals surface area contributed by atoms with Crippen LogP contribution >= 0.6 is 0 Å². The van der Waals surface area contributed by atoms with E-state index >= 15 is 0 Å². The largest absolute Gasteiger partial charge is 0.466 e. The van der Waals surface area contributed by atoms with Gasteiger partial charge in [0.25, 0.3) is 0 Å². The van der Waals surface area contributed by atoms with Crippen molar-refractivity contribution in [2.75, 3.05) is 13.7 Å². The Hall–Kier alpha value is -2.07. The number of hydrogen-bond acceptors (Lipinski definition) is 3. The molecular formula is C18H22N2O2. The number of aromatic nitrogens is 1. The molecule has 4 heteroatoms. The average Bonchev–Trinajstić information content (AvgIpc) is 2.98. The number of rotatable bonds is 5. The number of carbonyl (C=O) groups is 1. The molecule has 22 heavy (non-hydrogen) atoms. The second-order valence-electron chi connectivity index (χ2n) is 5.76. The molecule has 0 radical (unpaired) electrons. The van der Waals surface area contributed by atoms with Crippen LogP contribution in [0, 0.1) is 0 Å². The Morgan fingerprint density at radius 2 is 2.27 bits per heavy atom. The highest BCUT2D eigenvalue weighted by molar-refractivity contribution is 5.88. The number of ether oxygens (including phenoxy) is 1. The Balaban J connectivity index is 1.50. The number of fused-ring (bicyclic) bond motifs is 1. The first kappa shape index (κ1) is 14.9. The Kier molecular flexibility index (Phi) is 4.59. The van der Waals surface area contributed by atoms with Crippen molar-refractivity contribution in [3.63, 3.8) is 0 Å². The minimum absolute atomic E-state index is 0.183. The van der Waals surface area contributed by atoms with E-state index in [1.54, 1.807) is 0 Å². The van der Waals surface area contributed by atoms with Gasteiger partial charge in [-0.1, -0.05) is 24.3 Å². The molecule has 1 unspecified atom stereocenters. The van der Waals surface area contributed by atoms with Crippen LogP contribution in [0.4, 0.5) is 0 Å². The molecule has 1 aromatic carbocycles. The van der Waals surface area contributed by atoms with Gasteiger partial charge in [0, 0.05) is 28.7 Å². The Morgan fingerprint density at radius 1 is 1.41 bits per heavy atom. The van der Waals surface area contributed by atoms with E-state index in [4.69, 9.17) is 4.74 Å². The maximum Gasteiger partial charge on any atom is 0.333 e. The van der Waals surface area contributed by atoms with Gasteiger partial charge in [-0.15, -0.1) is 0 Å². The van der Waals surface area contributed by atoms with Crippen LogP contribution in [-0.2, 0) is 16.0 Å². The summed E-state index contributed by atoms with van der Waals surface area (Å²) in [6.45, 7) is 0.952. The molecule has 2 N–H and O–H groups in total. The van der Waals surface area contributed by atoms with Gasteiger partial charge >= 0.3 is 5.97 Å². The summed E-state index contributed by atoms with van der Waals surface area (Å²) in [6.07, 6.45) is 7.82. The summed E-state index contributed by atoms with van der Waals surface area (Å²) in [5, 5.41) is 4.90. The van der Waals surface area contributed by atoms with Gasteiger partial charge in [0.1, 0.15) is 0 Å². The van der Waals surface area contributed by atoms with Crippen LogP contribution in [0.5, 0.6) is 0 Å². The van der Waals surface area contributed by atoms with Gasteiger partial charge in [-0.3, -0.25) is 0 Å². The lowest BCUT2D eigenvalue weighted by molar-refractivity contribution is -0.136. The molecular weight excluding hydrogens is 276 g/mol. The van der Waals surface area contributed by atoms with Crippen LogP contribution in [0.15, 0.2) is 42.1 Å². The summed E-state index contributed by atoms with van der Waals surface area (Å²) in [5.74, 6) is -0.183. The van der Waals surface area contributed by atoms with E-state index in [9.17, 15) is 4.79 Å². The number of methoxy groups -OCH3 is 1. The molecule has 1 aliphatic carbocycles. The maximum absolute atomic E-state index is 11.5. The summed E-state index contributed by atoms with van der Waals surface area (Å²) < 4.78 is 4.76. The smallest absolute Gasteiger partial charge is 0.333 e. The number of nitrogens with one attached hydrogen (secondary N) is 2. The zero-order valence-electron chi connectivity index (χ0n) is 12.9. The normalized spacial score (nSPS) is 18.2. The minimum Gasteiger partial charge on any atom is -0.466 e. The molecule has 4 nitrogen and oxygen atoms in total. The van der Waals surface area contributed by atoms with E-state index in [2.05, 4.69) is 34.7 Å². The summed E-state index contributed by atoms with van der Waals surface area (Å²) in [6, 6.07) is 8.85. The number of aromatic amines is 1. The Morgan fingerprint density at radius 3 is 3.05 bits per heavy atom. The predicted octanol–water partition coefficient (Wildman–Crippen LogP) is 2.95. The molecule has 1 aromatic heterocycles. The third kappa shape index (κ3) is 3.22. The quantitative estimate of drug-likeness (QED) is 0.834. The molecule has 1 heterocycles. The fraction of sp³-hybridized carbons (Fsp3) is 0.389. The van der Waals surface area contributed by atoms with Crippen molar-refractivity contribution in [2.45, 2.75) is 31.7 Å². The number of benzene rings is 1. The van der Waals surface area contributed by atoms with Gasteiger partial charge < -0.3 is 15.0 Å². The highest BCUT2D eigenvalue weighted by Gasteiger charge is 2.18. The topological polar surface area (TPSA) is 54.1 Å². The fourth-order valence-corrected chi connectivity index (χ4v) is 3.09. The molecule has 0 amide bonds. The number of carbonyl (C=O) groups excluding carboxylic acids is 1. The fourth-order valence-electron chi connectivity index (χ4n) is 3.09. The maximum atomic E-state index is 11.5. The lowest BCUT2D eigenvalue weighted by Gasteiger charge is -2.22. The number of hydrogen-bond donors (Lipinski definition) is 2. The van der Waals surface area contributed by atoms with E-state index in [-0.39, 0.29) is 5.97 Å². The number of H-pyrrole nitrogens is 1. The molecule has 0 fully saturated rings. The van der Waals surface area contributed by atoms with Crippen molar-refractivity contribution in [1.29, 1.82) is 0 Å². The second-order valence-corrected chi connectivity index (χ2v) is 5.76. The van der Waals surface area contributed by atoms with E-state index < -0.39 is 0 Å². The lowest BCUT2D eigenvalue weighted by Crippen LogP contribution is -2.32. The monoisotopic (exact) mass is 298 g/mol. The van der Waals surface area contributed by atoms with Crippen LogP contribution in [-0.4, -0.2) is 30.6 Å². The van der Waals surface area contributed by atoms with Crippen molar-refractivity contribution < 1.29 is 9.53 Å². The molecule has 0 saturated carbocycles. The molecule has 3 rings (SSSR count). The molecule has 0 aliphatic heterocycles. The van der Waals surface area contributed by atoms with Crippen LogP contribution in [0.25, 0.3) is 10.9 Å². The zero-order valence-corrected chi connectivity index (χ0v) is 12.9. The summed E-state index contributed by atoms with van der Waals surface area (Å²) >= 11 is 0. The van der Waals surface area contributed by atoms with Gasteiger partial charge in [0.05, 0.1) is 7.11 Å². The van der Waals surface area contributed by atoms with E-state index in [0.717, 1.165) is 37.8 Å². The van der Waals surface area contributed by atoms with Gasteiger partial charge in [0.2, 0.25) is 0 Å². The van der Waals surface area contributed by atoms with Crippen molar-refractivity contribution in [2.24, 2.45) is 0 Å². The molecule has 1 atom stereocenters. The van der Waals surface area contributed by atoms with Crippen molar-refractivity contribution in [3.8, 4) is 0 Å².